The zero-order valence-corrected chi connectivity index (χ0v) is 19.0. The lowest BCUT2D eigenvalue weighted by atomic mass is 10.1. The Labute approximate surface area is 193 Å². The number of allylic oxidation sites excluding steroid dienone is 1. The van der Waals surface area contributed by atoms with E-state index in [1.165, 1.54) is 4.57 Å². The van der Waals surface area contributed by atoms with Gasteiger partial charge in [-0.05, 0) is 37.6 Å². The monoisotopic (exact) mass is 462 g/mol. The highest BCUT2D eigenvalue weighted by molar-refractivity contribution is 7.99. The number of aryl methyl sites for hydroxylation is 2. The third-order valence-electron chi connectivity index (χ3n) is 5.01. The molecular formula is C23H22N6O3S. The normalized spacial score (nSPS) is 11.0. The average molecular weight is 463 g/mol. The quantitative estimate of drug-likeness (QED) is 0.336. The van der Waals surface area contributed by atoms with E-state index < -0.39 is 11.9 Å². The standard InChI is InChI=1S/C23H22N6O3S/c1-4-11-28-20(31)16-7-5-6-8-18(16)29-22(28)26-27-23(29)33-13-19(30)25-21(32)24-17-10-9-14(2)12-15(17)3/h4-10,12H,1,11,13H2,2-3H3,(H2,24,25,30,32). The van der Waals surface area contributed by atoms with Crippen LogP contribution in [0.4, 0.5) is 10.5 Å². The number of nitrogens with zero attached hydrogens (tertiary/aromatic N) is 4. The maximum absolute atomic E-state index is 12.8. The summed E-state index contributed by atoms with van der Waals surface area (Å²) in [4.78, 5) is 37.5. The summed E-state index contributed by atoms with van der Waals surface area (Å²) >= 11 is 1.12. The number of imide groups is 1. The molecule has 0 saturated carbocycles. The Hall–Kier alpha value is -3.92. The smallest absolute Gasteiger partial charge is 0.307 e. The van der Waals surface area contributed by atoms with Crippen molar-refractivity contribution in [3.8, 4) is 0 Å². The van der Waals surface area contributed by atoms with Crippen LogP contribution >= 0.6 is 11.8 Å². The SMILES string of the molecule is C=CCn1c(=O)c2ccccc2n2c(SCC(=O)NC(=O)Nc3ccc(C)cc3C)nnc12. The Morgan fingerprint density at radius 2 is 1.94 bits per heavy atom. The number of thioether (sulfide) groups is 1. The molecule has 10 heteroatoms. The molecule has 4 rings (SSSR count). The van der Waals surface area contributed by atoms with Crippen LogP contribution in [0.3, 0.4) is 0 Å². The molecule has 9 nitrogen and oxygen atoms in total. The largest absolute Gasteiger partial charge is 0.325 e. The summed E-state index contributed by atoms with van der Waals surface area (Å²) in [5.74, 6) is -0.187. The number of para-hydroxylation sites is 1. The van der Waals surface area contributed by atoms with Crippen LogP contribution in [0.1, 0.15) is 11.1 Å². The molecule has 33 heavy (non-hydrogen) atoms. The molecule has 0 unspecified atom stereocenters. The fraction of sp³-hybridized carbons (Fsp3) is 0.174. The number of carbonyl (C=O) groups excluding carboxylic acids is 2. The van der Waals surface area contributed by atoms with Crippen molar-refractivity contribution in [3.63, 3.8) is 0 Å². The Morgan fingerprint density at radius 3 is 2.70 bits per heavy atom. The lowest BCUT2D eigenvalue weighted by Gasteiger charge is -2.10. The molecular weight excluding hydrogens is 440 g/mol. The van der Waals surface area contributed by atoms with Crippen molar-refractivity contribution in [3.05, 3.63) is 76.6 Å². The molecule has 168 valence electrons. The average Bonchev–Trinajstić information content (AvgIpc) is 3.21. The fourth-order valence-corrected chi connectivity index (χ4v) is 4.26. The van der Waals surface area contributed by atoms with Gasteiger partial charge in [-0.25, -0.2) is 4.79 Å². The van der Waals surface area contributed by atoms with E-state index in [1.807, 2.05) is 32.0 Å². The van der Waals surface area contributed by atoms with Gasteiger partial charge in [0, 0.05) is 12.2 Å². The van der Waals surface area contributed by atoms with Crippen LogP contribution in [0.15, 0.2) is 65.1 Å². The van der Waals surface area contributed by atoms with E-state index in [0.29, 0.717) is 27.5 Å². The molecule has 2 aromatic carbocycles. The van der Waals surface area contributed by atoms with Crippen LogP contribution in [0.2, 0.25) is 0 Å². The van der Waals surface area contributed by atoms with Crippen LogP contribution in [-0.4, -0.2) is 36.9 Å². The van der Waals surface area contributed by atoms with Crippen LogP contribution in [-0.2, 0) is 11.3 Å². The van der Waals surface area contributed by atoms with E-state index in [-0.39, 0.29) is 17.9 Å². The number of aromatic nitrogens is 4. The van der Waals surface area contributed by atoms with Gasteiger partial charge in [-0.15, -0.1) is 16.8 Å². The molecule has 2 aromatic heterocycles. The van der Waals surface area contributed by atoms with Gasteiger partial charge in [0.05, 0.1) is 16.7 Å². The highest BCUT2D eigenvalue weighted by Crippen LogP contribution is 2.21. The second-order valence-corrected chi connectivity index (χ2v) is 8.39. The van der Waals surface area contributed by atoms with Gasteiger partial charge in [-0.3, -0.25) is 23.9 Å². The number of nitrogens with one attached hydrogen (secondary N) is 2. The van der Waals surface area contributed by atoms with E-state index in [0.717, 1.165) is 22.9 Å². The van der Waals surface area contributed by atoms with Crippen LogP contribution in [0.25, 0.3) is 16.7 Å². The lowest BCUT2D eigenvalue weighted by Crippen LogP contribution is -2.35. The molecule has 2 heterocycles. The fourth-order valence-electron chi connectivity index (χ4n) is 3.52. The number of anilines is 1. The minimum Gasteiger partial charge on any atom is -0.307 e. The second kappa shape index (κ2) is 9.29. The zero-order chi connectivity index (χ0) is 23.5. The van der Waals surface area contributed by atoms with Crippen LogP contribution < -0.4 is 16.2 Å². The summed E-state index contributed by atoms with van der Waals surface area (Å²) in [5, 5.41) is 14.3. The predicted molar refractivity (Wildman–Crippen MR) is 129 cm³/mol. The third kappa shape index (κ3) is 4.51. The second-order valence-electron chi connectivity index (χ2n) is 7.45. The van der Waals surface area contributed by atoms with Gasteiger partial charge < -0.3 is 5.32 Å². The number of fused-ring (bicyclic) bond motifs is 3. The van der Waals surface area contributed by atoms with Gasteiger partial charge >= 0.3 is 6.03 Å². The van der Waals surface area contributed by atoms with E-state index in [2.05, 4.69) is 27.4 Å². The van der Waals surface area contributed by atoms with Crippen LogP contribution in [0, 0.1) is 13.8 Å². The van der Waals surface area contributed by atoms with Gasteiger partial charge in [-0.1, -0.05) is 47.7 Å². The summed E-state index contributed by atoms with van der Waals surface area (Å²) in [7, 11) is 0. The first-order valence-corrected chi connectivity index (χ1v) is 11.2. The molecule has 4 aromatic rings. The number of hydrogen-bond acceptors (Lipinski definition) is 6. The van der Waals surface area contributed by atoms with Crippen molar-refractivity contribution in [2.24, 2.45) is 0 Å². The van der Waals surface area contributed by atoms with Gasteiger partial charge in [0.25, 0.3) is 5.56 Å². The molecule has 0 bridgehead atoms. The molecule has 0 aliphatic rings. The molecule has 0 spiro atoms. The van der Waals surface area contributed by atoms with Gasteiger partial charge in [0.2, 0.25) is 11.7 Å². The number of rotatable bonds is 6. The van der Waals surface area contributed by atoms with Crippen molar-refractivity contribution in [1.82, 2.24) is 24.5 Å². The topological polar surface area (TPSA) is 110 Å². The minimum atomic E-state index is -0.607. The molecule has 3 amide bonds. The molecule has 0 saturated heterocycles. The number of urea groups is 1. The molecule has 0 radical (unpaired) electrons. The zero-order valence-electron chi connectivity index (χ0n) is 18.2. The Bertz CT molecular complexity index is 1460. The lowest BCUT2D eigenvalue weighted by molar-refractivity contribution is -0.117. The van der Waals surface area contributed by atoms with Crippen molar-refractivity contribution in [1.29, 1.82) is 0 Å². The number of hydrogen-bond donors (Lipinski definition) is 2. The highest BCUT2D eigenvalue weighted by atomic mass is 32.2. The Kier molecular flexibility index (Phi) is 6.27. The number of carbonyl (C=O) groups is 2. The maximum Gasteiger partial charge on any atom is 0.325 e. The van der Waals surface area contributed by atoms with E-state index >= 15 is 0 Å². The molecule has 0 aliphatic carbocycles. The molecule has 0 aliphatic heterocycles. The van der Waals surface area contributed by atoms with Crippen molar-refractivity contribution < 1.29 is 9.59 Å². The van der Waals surface area contributed by atoms with Crippen molar-refractivity contribution >= 4 is 46.1 Å². The minimum absolute atomic E-state index is 0.0595. The Balaban J connectivity index is 1.52. The van der Waals surface area contributed by atoms with Gasteiger partial charge in [-0.2, -0.15) is 0 Å². The van der Waals surface area contributed by atoms with E-state index in [4.69, 9.17) is 0 Å². The van der Waals surface area contributed by atoms with Crippen molar-refractivity contribution in [2.45, 2.75) is 25.5 Å². The number of amides is 3. The first-order chi connectivity index (χ1) is 15.9. The Morgan fingerprint density at radius 1 is 1.15 bits per heavy atom. The summed E-state index contributed by atoms with van der Waals surface area (Å²) in [6.07, 6.45) is 1.61. The summed E-state index contributed by atoms with van der Waals surface area (Å²) < 4.78 is 3.21. The summed E-state index contributed by atoms with van der Waals surface area (Å²) in [5.41, 5.74) is 3.06. The maximum atomic E-state index is 12.8. The van der Waals surface area contributed by atoms with Crippen LogP contribution in [0.5, 0.6) is 0 Å². The van der Waals surface area contributed by atoms with Gasteiger partial charge in [0.15, 0.2) is 5.16 Å². The van der Waals surface area contributed by atoms with Crippen molar-refractivity contribution in [2.75, 3.05) is 11.1 Å². The first-order valence-electron chi connectivity index (χ1n) is 10.2. The predicted octanol–water partition coefficient (Wildman–Crippen LogP) is 3.29. The van der Waals surface area contributed by atoms with E-state index in [9.17, 15) is 14.4 Å². The highest BCUT2D eigenvalue weighted by Gasteiger charge is 2.18. The molecule has 0 fully saturated rings. The third-order valence-corrected chi connectivity index (χ3v) is 5.93. The molecule has 0 atom stereocenters. The summed E-state index contributed by atoms with van der Waals surface area (Å²) in [6.45, 7) is 7.82. The van der Waals surface area contributed by atoms with E-state index in [1.54, 1.807) is 34.7 Å². The first kappa shape index (κ1) is 22.3. The van der Waals surface area contributed by atoms with Gasteiger partial charge in [0.1, 0.15) is 0 Å². The summed E-state index contributed by atoms with van der Waals surface area (Å²) in [6, 6.07) is 12.1. The molecule has 2 N–H and O–H groups in total. The number of benzene rings is 2.